The van der Waals surface area contributed by atoms with E-state index < -0.39 is 0 Å². The highest BCUT2D eigenvalue weighted by molar-refractivity contribution is 8.19. The van der Waals surface area contributed by atoms with Crippen LogP contribution in [0.3, 0.4) is 0 Å². The van der Waals surface area contributed by atoms with Crippen LogP contribution in [0.25, 0.3) is 0 Å². The largest absolute Gasteiger partial charge is 0.493 e. The molecule has 0 unspecified atom stereocenters. The second-order valence-corrected chi connectivity index (χ2v) is 8.54. The lowest BCUT2D eigenvalue weighted by Crippen LogP contribution is -1.97. The number of ether oxygens (including phenoxy) is 3. The Hall–Kier alpha value is -2.45. The van der Waals surface area contributed by atoms with Gasteiger partial charge in [-0.15, -0.1) is 23.5 Å². The number of halogens is 1. The SMILES string of the molecule is COc1cc(C2SCCS2)ccc1Oc1nccc(Oc2ccc(F)cc2)n1. The molecule has 4 rings (SSSR count). The van der Waals surface area contributed by atoms with E-state index in [1.165, 1.54) is 36.0 Å². The molecule has 1 aliphatic heterocycles. The molecule has 1 fully saturated rings. The highest BCUT2D eigenvalue weighted by Gasteiger charge is 2.20. The first-order valence-corrected chi connectivity index (χ1v) is 10.7. The zero-order valence-electron chi connectivity index (χ0n) is 15.0. The molecule has 8 heteroatoms. The highest BCUT2D eigenvalue weighted by Crippen LogP contribution is 2.47. The zero-order valence-corrected chi connectivity index (χ0v) is 16.6. The molecule has 2 aromatic carbocycles. The van der Waals surface area contributed by atoms with Gasteiger partial charge in [-0.1, -0.05) is 6.07 Å². The molecule has 0 amide bonds. The minimum absolute atomic E-state index is 0.135. The van der Waals surface area contributed by atoms with Crippen molar-refractivity contribution in [2.75, 3.05) is 18.6 Å². The van der Waals surface area contributed by atoms with E-state index in [0.29, 0.717) is 27.7 Å². The molecule has 1 aromatic heterocycles. The molecule has 5 nitrogen and oxygen atoms in total. The van der Waals surface area contributed by atoms with E-state index in [-0.39, 0.29) is 11.8 Å². The van der Waals surface area contributed by atoms with Crippen LogP contribution < -0.4 is 14.2 Å². The van der Waals surface area contributed by atoms with Crippen molar-refractivity contribution in [3.05, 3.63) is 66.1 Å². The Balaban J connectivity index is 1.51. The number of aromatic nitrogens is 2. The third kappa shape index (κ3) is 4.51. The fraction of sp³-hybridized carbons (Fsp3) is 0.200. The first-order valence-electron chi connectivity index (χ1n) is 8.57. The van der Waals surface area contributed by atoms with Crippen molar-refractivity contribution in [3.63, 3.8) is 0 Å². The van der Waals surface area contributed by atoms with E-state index in [2.05, 4.69) is 9.97 Å². The molecule has 0 N–H and O–H groups in total. The minimum atomic E-state index is -0.330. The van der Waals surface area contributed by atoms with E-state index >= 15 is 0 Å². The molecule has 0 aliphatic carbocycles. The molecule has 144 valence electrons. The van der Waals surface area contributed by atoms with E-state index in [0.717, 1.165) is 11.5 Å². The van der Waals surface area contributed by atoms with Gasteiger partial charge < -0.3 is 14.2 Å². The van der Waals surface area contributed by atoms with Gasteiger partial charge in [0, 0.05) is 23.8 Å². The quantitative estimate of drug-likeness (QED) is 0.512. The number of methoxy groups -OCH3 is 1. The normalized spacial score (nSPS) is 14.1. The Morgan fingerprint density at radius 3 is 2.50 bits per heavy atom. The second-order valence-electron chi connectivity index (χ2n) is 5.82. The van der Waals surface area contributed by atoms with Gasteiger partial charge in [0.2, 0.25) is 5.88 Å². The van der Waals surface area contributed by atoms with Crippen LogP contribution in [0.4, 0.5) is 4.39 Å². The average Bonchev–Trinajstić information content (AvgIpc) is 3.25. The van der Waals surface area contributed by atoms with Crippen LogP contribution in [0.1, 0.15) is 10.1 Å². The van der Waals surface area contributed by atoms with Gasteiger partial charge in [-0.05, 0) is 42.0 Å². The number of rotatable bonds is 6. The lowest BCUT2D eigenvalue weighted by atomic mass is 10.2. The van der Waals surface area contributed by atoms with Crippen molar-refractivity contribution in [2.24, 2.45) is 0 Å². The first-order chi connectivity index (χ1) is 13.7. The number of benzene rings is 2. The molecular formula is C20H17FN2O3S2. The summed E-state index contributed by atoms with van der Waals surface area (Å²) in [6, 6.07) is 13.3. The van der Waals surface area contributed by atoms with Crippen molar-refractivity contribution in [2.45, 2.75) is 4.58 Å². The van der Waals surface area contributed by atoms with Crippen molar-refractivity contribution < 1.29 is 18.6 Å². The van der Waals surface area contributed by atoms with Crippen LogP contribution in [0, 0.1) is 5.82 Å². The monoisotopic (exact) mass is 416 g/mol. The van der Waals surface area contributed by atoms with E-state index in [4.69, 9.17) is 14.2 Å². The number of hydrogen-bond donors (Lipinski definition) is 0. The van der Waals surface area contributed by atoms with Gasteiger partial charge in [-0.25, -0.2) is 9.37 Å². The van der Waals surface area contributed by atoms with Gasteiger partial charge in [0.25, 0.3) is 0 Å². The van der Waals surface area contributed by atoms with Crippen LogP contribution in [-0.4, -0.2) is 28.6 Å². The summed E-state index contributed by atoms with van der Waals surface area (Å²) in [5.41, 5.74) is 1.20. The lowest BCUT2D eigenvalue weighted by molar-refractivity contribution is 0.362. The zero-order chi connectivity index (χ0) is 19.3. The molecule has 0 atom stereocenters. The van der Waals surface area contributed by atoms with Crippen molar-refractivity contribution in [1.29, 1.82) is 0 Å². The maximum Gasteiger partial charge on any atom is 0.325 e. The van der Waals surface area contributed by atoms with Crippen LogP contribution in [-0.2, 0) is 0 Å². The van der Waals surface area contributed by atoms with Crippen LogP contribution in [0.2, 0.25) is 0 Å². The first kappa shape index (κ1) is 18.9. The molecule has 1 saturated heterocycles. The van der Waals surface area contributed by atoms with Gasteiger partial charge in [-0.2, -0.15) is 4.98 Å². The Labute approximate surface area is 170 Å². The van der Waals surface area contributed by atoms with Gasteiger partial charge in [0.1, 0.15) is 11.6 Å². The molecule has 28 heavy (non-hydrogen) atoms. The molecule has 0 spiro atoms. The third-order valence-corrected chi connectivity index (χ3v) is 7.03. The molecule has 0 radical (unpaired) electrons. The Morgan fingerprint density at radius 1 is 0.964 bits per heavy atom. The van der Waals surface area contributed by atoms with Crippen molar-refractivity contribution >= 4 is 23.5 Å². The predicted octanol–water partition coefficient (Wildman–Crippen LogP) is 5.69. The maximum atomic E-state index is 13.0. The van der Waals surface area contributed by atoms with Gasteiger partial charge in [-0.3, -0.25) is 0 Å². The molecule has 2 heterocycles. The summed E-state index contributed by atoms with van der Waals surface area (Å²) in [6.45, 7) is 0. The summed E-state index contributed by atoms with van der Waals surface area (Å²) in [4.78, 5) is 8.38. The Morgan fingerprint density at radius 2 is 1.75 bits per heavy atom. The molecule has 1 aliphatic rings. The second kappa shape index (κ2) is 8.70. The van der Waals surface area contributed by atoms with Crippen LogP contribution in [0.5, 0.6) is 29.1 Å². The Bertz CT molecular complexity index is 950. The summed E-state index contributed by atoms with van der Waals surface area (Å²) in [5.74, 6) is 3.90. The predicted molar refractivity (Wildman–Crippen MR) is 109 cm³/mol. The lowest BCUT2D eigenvalue weighted by Gasteiger charge is -2.13. The van der Waals surface area contributed by atoms with E-state index in [9.17, 15) is 4.39 Å². The van der Waals surface area contributed by atoms with Crippen molar-refractivity contribution in [1.82, 2.24) is 9.97 Å². The fourth-order valence-corrected chi connectivity index (χ4v) is 5.46. The van der Waals surface area contributed by atoms with Crippen LogP contribution >= 0.6 is 23.5 Å². The van der Waals surface area contributed by atoms with Gasteiger partial charge >= 0.3 is 6.01 Å². The molecule has 0 bridgehead atoms. The van der Waals surface area contributed by atoms with Gasteiger partial charge in [0.15, 0.2) is 11.5 Å². The molecule has 0 saturated carbocycles. The van der Waals surface area contributed by atoms with Crippen molar-refractivity contribution in [3.8, 4) is 29.1 Å². The summed E-state index contributed by atoms with van der Waals surface area (Å²) in [7, 11) is 1.61. The number of nitrogens with zero attached hydrogens (tertiary/aromatic N) is 2. The third-order valence-electron chi connectivity index (χ3n) is 3.93. The van der Waals surface area contributed by atoms with Gasteiger partial charge in [0.05, 0.1) is 11.7 Å². The number of thioether (sulfide) groups is 2. The van der Waals surface area contributed by atoms with Crippen LogP contribution in [0.15, 0.2) is 54.7 Å². The smallest absolute Gasteiger partial charge is 0.325 e. The summed E-state index contributed by atoms with van der Waals surface area (Å²) >= 11 is 3.86. The highest BCUT2D eigenvalue weighted by atomic mass is 32.2. The average molecular weight is 416 g/mol. The maximum absolute atomic E-state index is 13.0. The van der Waals surface area contributed by atoms with E-state index in [1.807, 2.05) is 41.7 Å². The molecule has 3 aromatic rings. The standard InChI is InChI=1S/C20H17FN2O3S2/c1-24-17-12-13(19-27-10-11-28-19)2-7-16(17)26-20-22-9-8-18(23-20)25-15-5-3-14(21)4-6-15/h2-9,12,19H,10-11H2,1H3. The minimum Gasteiger partial charge on any atom is -0.493 e. The van der Waals surface area contributed by atoms with E-state index in [1.54, 1.807) is 13.2 Å². The topological polar surface area (TPSA) is 53.5 Å². The summed E-state index contributed by atoms with van der Waals surface area (Å²) < 4.78 is 30.4. The Kier molecular flexibility index (Phi) is 5.87. The summed E-state index contributed by atoms with van der Waals surface area (Å²) in [5, 5.41) is 0. The summed E-state index contributed by atoms with van der Waals surface area (Å²) in [6.07, 6.45) is 1.54. The fourth-order valence-electron chi connectivity index (χ4n) is 2.62. The molecular weight excluding hydrogens is 399 g/mol. The number of hydrogen-bond acceptors (Lipinski definition) is 7.